The highest BCUT2D eigenvalue weighted by atomic mass is 16.7. The Hall–Kier alpha value is -1.33. The number of aliphatic hydroxyl groups is 5. The summed E-state index contributed by atoms with van der Waals surface area (Å²) in [5.41, 5.74) is 0. The minimum atomic E-state index is -1.55. The van der Waals surface area contributed by atoms with E-state index in [9.17, 15) is 30.3 Å². The summed E-state index contributed by atoms with van der Waals surface area (Å²) in [6.45, 7) is 3.85. The molecule has 0 bridgehead atoms. The van der Waals surface area contributed by atoms with E-state index in [1.165, 1.54) is 244 Å². The first-order valence-corrected chi connectivity index (χ1v) is 31.5. The molecule has 1 aliphatic heterocycles. The van der Waals surface area contributed by atoms with Gasteiger partial charge in [-0.15, -0.1) is 0 Å². The average Bonchev–Trinajstić information content (AvgIpc) is 3.38. The van der Waals surface area contributed by atoms with Gasteiger partial charge in [-0.2, -0.15) is 0 Å². The number of hydrogen-bond donors (Lipinski definition) is 6. The van der Waals surface area contributed by atoms with Crippen molar-refractivity contribution in [1.29, 1.82) is 0 Å². The standard InChI is InChI=1S/C63H121NO8/c1-3-5-7-9-11-13-15-17-18-19-20-21-22-23-24-25-26-27-28-29-30-31-32-33-34-35-36-37-38-39-40-41-43-45-47-49-51-53-59(67)64-56(55-71-63-62(70)61(69)60(68)58(54-65)72-63)57(66)52-50-48-46-44-42-16-14-12-10-8-6-4-2/h15,17,19-20,56-58,60-63,65-66,68-70H,3-14,16,18,21-55H2,1-2H3,(H,64,67)/b17-15-,20-19-. The first-order valence-electron chi connectivity index (χ1n) is 31.5. The van der Waals surface area contributed by atoms with Crippen LogP contribution in [0.1, 0.15) is 316 Å². The fourth-order valence-corrected chi connectivity index (χ4v) is 10.3. The van der Waals surface area contributed by atoms with Crippen molar-refractivity contribution in [3.05, 3.63) is 24.3 Å². The number of nitrogens with one attached hydrogen (secondary N) is 1. The lowest BCUT2D eigenvalue weighted by Gasteiger charge is -2.40. The summed E-state index contributed by atoms with van der Waals surface area (Å²) in [5, 5.41) is 54.6. The molecule has 1 aliphatic rings. The smallest absolute Gasteiger partial charge is 0.220 e. The van der Waals surface area contributed by atoms with Crippen molar-refractivity contribution < 1.29 is 39.8 Å². The molecule has 0 saturated carbocycles. The molecule has 0 aromatic heterocycles. The van der Waals surface area contributed by atoms with Crippen molar-refractivity contribution in [2.75, 3.05) is 13.2 Å². The number of unbranched alkanes of at least 4 members (excludes halogenated alkanes) is 41. The molecule has 1 amide bonds. The first kappa shape index (κ1) is 68.7. The van der Waals surface area contributed by atoms with Gasteiger partial charge in [-0.1, -0.05) is 289 Å². The van der Waals surface area contributed by atoms with E-state index >= 15 is 0 Å². The Balaban J connectivity index is 2.02. The molecule has 1 fully saturated rings. The maximum atomic E-state index is 13.1. The molecule has 7 unspecified atom stereocenters. The van der Waals surface area contributed by atoms with Gasteiger partial charge in [0.05, 0.1) is 25.4 Å². The van der Waals surface area contributed by atoms with Crippen LogP contribution in [-0.2, 0) is 14.3 Å². The summed E-state index contributed by atoms with van der Waals surface area (Å²) in [7, 11) is 0. The lowest BCUT2D eigenvalue weighted by molar-refractivity contribution is -0.302. The first-order chi connectivity index (χ1) is 35.3. The van der Waals surface area contributed by atoms with Gasteiger partial charge in [0.1, 0.15) is 24.4 Å². The third kappa shape index (κ3) is 41.9. The van der Waals surface area contributed by atoms with Gasteiger partial charge < -0.3 is 40.3 Å². The molecule has 0 aromatic carbocycles. The van der Waals surface area contributed by atoms with Gasteiger partial charge in [-0.3, -0.25) is 4.79 Å². The zero-order valence-corrected chi connectivity index (χ0v) is 47.5. The third-order valence-electron chi connectivity index (χ3n) is 15.3. The Labute approximate surface area is 445 Å². The fourth-order valence-electron chi connectivity index (χ4n) is 10.3. The molecule has 9 heteroatoms. The number of ether oxygens (including phenoxy) is 2. The van der Waals surface area contributed by atoms with Crippen LogP contribution in [0.4, 0.5) is 0 Å². The second kappa shape index (κ2) is 53.1. The molecule has 72 heavy (non-hydrogen) atoms. The maximum absolute atomic E-state index is 13.1. The molecule has 9 nitrogen and oxygen atoms in total. The quantitative estimate of drug-likeness (QED) is 0.0261. The molecule has 0 radical (unpaired) electrons. The van der Waals surface area contributed by atoms with E-state index in [1.807, 2.05) is 0 Å². The number of allylic oxidation sites excluding steroid dienone is 4. The zero-order valence-electron chi connectivity index (χ0n) is 47.5. The van der Waals surface area contributed by atoms with E-state index in [0.29, 0.717) is 12.8 Å². The van der Waals surface area contributed by atoms with Crippen LogP contribution in [0.15, 0.2) is 24.3 Å². The summed E-state index contributed by atoms with van der Waals surface area (Å²) in [6.07, 6.45) is 61.1. The molecule has 0 aromatic rings. The highest BCUT2D eigenvalue weighted by Crippen LogP contribution is 2.23. The van der Waals surface area contributed by atoms with Gasteiger partial charge in [0, 0.05) is 6.42 Å². The van der Waals surface area contributed by atoms with E-state index in [2.05, 4.69) is 43.5 Å². The van der Waals surface area contributed by atoms with E-state index < -0.39 is 49.5 Å². The highest BCUT2D eigenvalue weighted by Gasteiger charge is 2.44. The number of aliphatic hydroxyl groups excluding tert-OH is 5. The number of carbonyl (C=O) groups is 1. The molecule has 6 N–H and O–H groups in total. The van der Waals surface area contributed by atoms with Crippen LogP contribution in [0.5, 0.6) is 0 Å². The molecule has 7 atom stereocenters. The van der Waals surface area contributed by atoms with Crippen LogP contribution >= 0.6 is 0 Å². The van der Waals surface area contributed by atoms with Crippen LogP contribution in [0.2, 0.25) is 0 Å². The van der Waals surface area contributed by atoms with Crippen molar-refractivity contribution >= 4 is 5.91 Å². The number of amides is 1. The van der Waals surface area contributed by atoms with Gasteiger partial charge in [0.25, 0.3) is 0 Å². The molecule has 1 rings (SSSR count). The molecule has 0 spiro atoms. The summed E-state index contributed by atoms with van der Waals surface area (Å²) < 4.78 is 11.3. The van der Waals surface area contributed by atoms with Crippen LogP contribution in [0.3, 0.4) is 0 Å². The highest BCUT2D eigenvalue weighted by molar-refractivity contribution is 5.76. The second-order valence-corrected chi connectivity index (χ2v) is 22.2. The van der Waals surface area contributed by atoms with Crippen molar-refractivity contribution in [1.82, 2.24) is 5.32 Å². The van der Waals surface area contributed by atoms with Crippen LogP contribution in [0, 0.1) is 0 Å². The van der Waals surface area contributed by atoms with Crippen LogP contribution in [-0.4, -0.2) is 87.5 Å². The van der Waals surface area contributed by atoms with E-state index in [-0.39, 0.29) is 12.5 Å². The van der Waals surface area contributed by atoms with Crippen molar-refractivity contribution in [3.8, 4) is 0 Å². The van der Waals surface area contributed by atoms with Gasteiger partial charge >= 0.3 is 0 Å². The SMILES string of the molecule is CCCCCCC/C=C\C/C=C\CCCCCCCCCCCCCCCCCCCCCCCCCCCC(=O)NC(COC1OC(CO)C(O)C(O)C1O)C(O)CCCCCCCCCCCCCC. The van der Waals surface area contributed by atoms with Crippen molar-refractivity contribution in [2.24, 2.45) is 0 Å². The minimum absolute atomic E-state index is 0.133. The molecule has 1 heterocycles. The lowest BCUT2D eigenvalue weighted by Crippen LogP contribution is -2.60. The predicted molar refractivity (Wildman–Crippen MR) is 304 cm³/mol. The Morgan fingerprint density at radius 1 is 0.472 bits per heavy atom. The van der Waals surface area contributed by atoms with Gasteiger partial charge in [0.15, 0.2) is 6.29 Å². The molecule has 0 aliphatic carbocycles. The summed E-state index contributed by atoms with van der Waals surface area (Å²) >= 11 is 0. The number of hydrogen-bond acceptors (Lipinski definition) is 8. The number of rotatable bonds is 55. The third-order valence-corrected chi connectivity index (χ3v) is 15.3. The van der Waals surface area contributed by atoms with Crippen LogP contribution < -0.4 is 5.32 Å². The fraction of sp³-hybridized carbons (Fsp3) is 0.921. The van der Waals surface area contributed by atoms with E-state index in [0.717, 1.165) is 44.9 Å². The van der Waals surface area contributed by atoms with E-state index in [1.54, 1.807) is 0 Å². The Morgan fingerprint density at radius 3 is 1.19 bits per heavy atom. The van der Waals surface area contributed by atoms with Crippen molar-refractivity contribution in [2.45, 2.75) is 358 Å². The summed E-state index contributed by atoms with van der Waals surface area (Å²) in [5.74, 6) is -0.139. The van der Waals surface area contributed by atoms with Gasteiger partial charge in [0.2, 0.25) is 5.91 Å². The van der Waals surface area contributed by atoms with E-state index in [4.69, 9.17) is 9.47 Å². The maximum Gasteiger partial charge on any atom is 0.220 e. The molecular formula is C63H121NO8. The Kier molecular flexibility index (Phi) is 50.6. The normalized spacial score (nSPS) is 19.2. The summed E-state index contributed by atoms with van der Waals surface area (Å²) in [6, 6.07) is -0.714. The predicted octanol–water partition coefficient (Wildman–Crippen LogP) is 16.1. The topological polar surface area (TPSA) is 149 Å². The molecular weight excluding hydrogens is 899 g/mol. The Bertz CT molecular complexity index is 1180. The number of carbonyl (C=O) groups excluding carboxylic acids is 1. The lowest BCUT2D eigenvalue weighted by atomic mass is 9.99. The molecule has 426 valence electrons. The van der Waals surface area contributed by atoms with Crippen LogP contribution in [0.25, 0.3) is 0 Å². The molecule has 1 saturated heterocycles. The zero-order chi connectivity index (χ0) is 52.2. The van der Waals surface area contributed by atoms with Crippen molar-refractivity contribution in [3.63, 3.8) is 0 Å². The van der Waals surface area contributed by atoms with Gasteiger partial charge in [-0.05, 0) is 44.9 Å². The summed E-state index contributed by atoms with van der Waals surface area (Å²) in [4.78, 5) is 13.1. The minimum Gasteiger partial charge on any atom is -0.394 e. The average molecular weight is 1020 g/mol. The second-order valence-electron chi connectivity index (χ2n) is 22.2. The Morgan fingerprint density at radius 2 is 0.819 bits per heavy atom. The largest absolute Gasteiger partial charge is 0.394 e. The van der Waals surface area contributed by atoms with Gasteiger partial charge in [-0.25, -0.2) is 0 Å². The monoisotopic (exact) mass is 1020 g/mol.